The van der Waals surface area contributed by atoms with Crippen LogP contribution in [-0.2, 0) is 6.54 Å². The summed E-state index contributed by atoms with van der Waals surface area (Å²) < 4.78 is 2.37. The molecule has 1 heterocycles. The quantitative estimate of drug-likeness (QED) is 0.756. The lowest BCUT2D eigenvalue weighted by molar-refractivity contribution is 0.188. The van der Waals surface area contributed by atoms with Crippen molar-refractivity contribution in [2.75, 3.05) is 5.33 Å². The van der Waals surface area contributed by atoms with Crippen molar-refractivity contribution in [1.82, 2.24) is 9.55 Å². The molecule has 17 heavy (non-hydrogen) atoms. The summed E-state index contributed by atoms with van der Waals surface area (Å²) in [6.45, 7) is 5.58. The van der Waals surface area contributed by atoms with E-state index < -0.39 is 0 Å². The van der Waals surface area contributed by atoms with Gasteiger partial charge in [0.25, 0.3) is 0 Å². The molecule has 0 unspecified atom stereocenters. The molecule has 0 aromatic carbocycles. The number of alkyl halides is 1. The van der Waals surface area contributed by atoms with Crippen molar-refractivity contribution in [1.29, 1.82) is 0 Å². The van der Waals surface area contributed by atoms with Crippen molar-refractivity contribution in [3.63, 3.8) is 0 Å². The van der Waals surface area contributed by atoms with E-state index in [9.17, 15) is 0 Å². The summed E-state index contributed by atoms with van der Waals surface area (Å²) in [5.74, 6) is 1.75. The first kappa shape index (κ1) is 13.1. The third-order valence-electron chi connectivity index (χ3n) is 3.97. The molecule has 1 aliphatic rings. The summed E-state index contributed by atoms with van der Waals surface area (Å²) in [6.07, 6.45) is 11.0. The molecule has 0 amide bonds. The number of hydrogen-bond acceptors (Lipinski definition) is 1. The van der Waals surface area contributed by atoms with E-state index in [2.05, 4.69) is 45.5 Å². The molecule has 3 heteroatoms. The minimum absolute atomic E-state index is 0.461. The molecule has 96 valence electrons. The van der Waals surface area contributed by atoms with Crippen LogP contribution < -0.4 is 0 Å². The van der Waals surface area contributed by atoms with Gasteiger partial charge in [0.15, 0.2) is 0 Å². The first-order valence-corrected chi connectivity index (χ1v) is 7.86. The highest BCUT2D eigenvalue weighted by molar-refractivity contribution is 9.09. The van der Waals surface area contributed by atoms with Crippen molar-refractivity contribution in [3.8, 4) is 0 Å². The summed E-state index contributed by atoms with van der Waals surface area (Å²) in [5.41, 5.74) is 0.461. The third-order valence-corrected chi connectivity index (χ3v) is 5.16. The average Bonchev–Trinajstić information content (AvgIpc) is 2.78. The molecule has 1 aromatic heterocycles. The lowest BCUT2D eigenvalue weighted by atomic mass is 9.75. The van der Waals surface area contributed by atoms with Gasteiger partial charge in [-0.2, -0.15) is 0 Å². The molecule has 1 fully saturated rings. The Morgan fingerprint density at radius 3 is 2.65 bits per heavy atom. The van der Waals surface area contributed by atoms with Crippen molar-refractivity contribution in [2.45, 2.75) is 58.4 Å². The van der Waals surface area contributed by atoms with Crippen LogP contribution in [0.3, 0.4) is 0 Å². The SMILES string of the molecule is CC(C)c1nccn1CC1(CBr)CCCCC1. The van der Waals surface area contributed by atoms with Gasteiger partial charge in [-0.05, 0) is 18.3 Å². The zero-order valence-electron chi connectivity index (χ0n) is 11.0. The van der Waals surface area contributed by atoms with Gasteiger partial charge >= 0.3 is 0 Å². The molecule has 0 radical (unpaired) electrons. The van der Waals surface area contributed by atoms with Gasteiger partial charge < -0.3 is 4.57 Å². The Morgan fingerprint density at radius 2 is 2.06 bits per heavy atom. The second kappa shape index (κ2) is 5.55. The van der Waals surface area contributed by atoms with Crippen molar-refractivity contribution >= 4 is 15.9 Å². The Morgan fingerprint density at radius 1 is 1.35 bits per heavy atom. The summed E-state index contributed by atoms with van der Waals surface area (Å²) in [5, 5.41) is 1.12. The van der Waals surface area contributed by atoms with Crippen LogP contribution in [0.1, 0.15) is 57.7 Å². The van der Waals surface area contributed by atoms with E-state index in [1.165, 1.54) is 37.9 Å². The second-order valence-corrected chi connectivity index (χ2v) is 6.32. The number of hydrogen-bond donors (Lipinski definition) is 0. The van der Waals surface area contributed by atoms with Gasteiger partial charge in [-0.25, -0.2) is 4.98 Å². The molecular formula is C14H23BrN2. The molecule has 1 saturated carbocycles. The van der Waals surface area contributed by atoms with Crippen LogP contribution in [0.25, 0.3) is 0 Å². The van der Waals surface area contributed by atoms with E-state index in [1.807, 2.05) is 6.20 Å². The minimum atomic E-state index is 0.461. The molecule has 1 aliphatic carbocycles. The molecule has 0 bridgehead atoms. The fourth-order valence-electron chi connectivity index (χ4n) is 2.95. The van der Waals surface area contributed by atoms with Gasteiger partial charge in [-0.3, -0.25) is 0 Å². The Hall–Kier alpha value is -0.310. The minimum Gasteiger partial charge on any atom is -0.334 e. The summed E-state index contributed by atoms with van der Waals surface area (Å²) in [4.78, 5) is 4.49. The van der Waals surface area contributed by atoms with Gasteiger partial charge in [0.2, 0.25) is 0 Å². The first-order valence-electron chi connectivity index (χ1n) is 6.74. The third kappa shape index (κ3) is 2.93. The molecule has 2 rings (SSSR count). The molecular weight excluding hydrogens is 276 g/mol. The average molecular weight is 299 g/mol. The van der Waals surface area contributed by atoms with Gasteiger partial charge in [0.1, 0.15) is 5.82 Å². The highest BCUT2D eigenvalue weighted by atomic mass is 79.9. The maximum Gasteiger partial charge on any atom is 0.111 e. The number of imidazole rings is 1. The normalized spacial score (nSPS) is 19.8. The Labute approximate surface area is 113 Å². The standard InChI is InChI=1S/C14H23BrN2/c1-12(2)13-16-8-9-17(13)11-14(10-15)6-4-3-5-7-14/h8-9,12H,3-7,10-11H2,1-2H3. The van der Waals surface area contributed by atoms with E-state index in [4.69, 9.17) is 0 Å². The Bertz CT molecular complexity index is 351. The van der Waals surface area contributed by atoms with Crippen LogP contribution in [0.15, 0.2) is 12.4 Å². The topological polar surface area (TPSA) is 17.8 Å². The predicted molar refractivity (Wildman–Crippen MR) is 75.6 cm³/mol. The van der Waals surface area contributed by atoms with Gasteiger partial charge in [-0.15, -0.1) is 0 Å². The zero-order valence-corrected chi connectivity index (χ0v) is 12.5. The van der Waals surface area contributed by atoms with E-state index in [1.54, 1.807) is 0 Å². The predicted octanol–water partition coefficient (Wildman–Crippen LogP) is 4.35. The molecule has 0 spiro atoms. The van der Waals surface area contributed by atoms with Crippen molar-refractivity contribution in [2.24, 2.45) is 5.41 Å². The summed E-state index contributed by atoms with van der Waals surface area (Å²) >= 11 is 3.74. The van der Waals surface area contributed by atoms with E-state index in [0.29, 0.717) is 11.3 Å². The van der Waals surface area contributed by atoms with E-state index in [0.717, 1.165) is 11.9 Å². The molecule has 0 aliphatic heterocycles. The van der Waals surface area contributed by atoms with Crippen LogP contribution in [0, 0.1) is 5.41 Å². The smallest absolute Gasteiger partial charge is 0.111 e. The largest absolute Gasteiger partial charge is 0.334 e. The van der Waals surface area contributed by atoms with Crippen LogP contribution in [-0.4, -0.2) is 14.9 Å². The summed E-state index contributed by atoms with van der Waals surface area (Å²) in [6, 6.07) is 0. The van der Waals surface area contributed by atoms with Crippen molar-refractivity contribution < 1.29 is 0 Å². The van der Waals surface area contributed by atoms with Crippen LogP contribution >= 0.6 is 15.9 Å². The fraction of sp³-hybridized carbons (Fsp3) is 0.786. The van der Waals surface area contributed by atoms with Crippen LogP contribution in [0.4, 0.5) is 0 Å². The Balaban J connectivity index is 2.14. The fourth-order valence-corrected chi connectivity index (χ4v) is 3.69. The number of nitrogens with zero attached hydrogens (tertiary/aromatic N) is 2. The number of halogens is 1. The molecule has 1 aromatic rings. The zero-order chi connectivity index (χ0) is 12.3. The van der Waals surface area contributed by atoms with Gasteiger partial charge in [-0.1, -0.05) is 49.0 Å². The molecule has 0 N–H and O–H groups in total. The molecule has 2 nitrogen and oxygen atoms in total. The highest BCUT2D eigenvalue weighted by Crippen LogP contribution is 2.39. The molecule has 0 saturated heterocycles. The molecule has 0 atom stereocenters. The lowest BCUT2D eigenvalue weighted by Crippen LogP contribution is -2.31. The highest BCUT2D eigenvalue weighted by Gasteiger charge is 2.32. The maximum atomic E-state index is 4.49. The monoisotopic (exact) mass is 298 g/mol. The van der Waals surface area contributed by atoms with E-state index in [-0.39, 0.29) is 0 Å². The maximum absolute atomic E-state index is 4.49. The first-order chi connectivity index (χ1) is 8.17. The second-order valence-electron chi connectivity index (χ2n) is 5.76. The van der Waals surface area contributed by atoms with Gasteiger partial charge in [0, 0.05) is 30.2 Å². The number of aromatic nitrogens is 2. The number of rotatable bonds is 4. The Kier molecular flexibility index (Phi) is 4.29. The summed E-state index contributed by atoms with van der Waals surface area (Å²) in [7, 11) is 0. The van der Waals surface area contributed by atoms with E-state index >= 15 is 0 Å². The van der Waals surface area contributed by atoms with Gasteiger partial charge in [0.05, 0.1) is 0 Å². The van der Waals surface area contributed by atoms with Crippen molar-refractivity contribution in [3.05, 3.63) is 18.2 Å². The lowest BCUT2D eigenvalue weighted by Gasteiger charge is -2.36. The van der Waals surface area contributed by atoms with Crippen LogP contribution in [0.5, 0.6) is 0 Å². The van der Waals surface area contributed by atoms with Crippen LogP contribution in [0.2, 0.25) is 0 Å².